The average Bonchev–Trinajstić information content (AvgIpc) is 3.33. The maximum atomic E-state index is 12.6. The van der Waals surface area contributed by atoms with E-state index in [0.29, 0.717) is 0 Å². The fraction of sp³-hybridized carbons (Fsp3) is 0.577. The van der Waals surface area contributed by atoms with Gasteiger partial charge in [0.25, 0.3) is 0 Å². The zero-order valence-corrected chi connectivity index (χ0v) is 22.1. The van der Waals surface area contributed by atoms with E-state index in [0.717, 1.165) is 78.1 Å². The van der Waals surface area contributed by atoms with Gasteiger partial charge in [0.15, 0.2) is 0 Å². The summed E-state index contributed by atoms with van der Waals surface area (Å²) in [6.45, 7) is 8.06. The van der Waals surface area contributed by atoms with Crippen LogP contribution in [0.2, 0.25) is 0 Å². The molecule has 0 aliphatic carbocycles. The van der Waals surface area contributed by atoms with Gasteiger partial charge in [-0.1, -0.05) is 45.4 Å². The zero-order chi connectivity index (χ0) is 24.9. The van der Waals surface area contributed by atoms with Crippen LogP contribution in [-0.4, -0.2) is 64.5 Å². The van der Waals surface area contributed by atoms with Gasteiger partial charge in [-0.3, -0.25) is 0 Å². The summed E-state index contributed by atoms with van der Waals surface area (Å²) in [5.41, 5.74) is 3.12. The number of unbranched alkanes of at least 4 members (excludes halogenated alkanes) is 1. The Morgan fingerprint density at radius 1 is 1.29 bits per heavy atom. The van der Waals surface area contributed by atoms with Crippen molar-refractivity contribution in [3.8, 4) is 0 Å². The maximum Gasteiger partial charge on any atom is 0.322 e. The van der Waals surface area contributed by atoms with Gasteiger partial charge in [-0.05, 0) is 30.4 Å². The van der Waals surface area contributed by atoms with Crippen LogP contribution in [-0.2, 0) is 6.42 Å². The molecular formula is C26H38N6O2S. The average molecular weight is 499 g/mol. The van der Waals surface area contributed by atoms with E-state index in [2.05, 4.69) is 42.4 Å². The predicted molar refractivity (Wildman–Crippen MR) is 143 cm³/mol. The molecule has 2 atom stereocenters. The first-order chi connectivity index (χ1) is 16.9. The summed E-state index contributed by atoms with van der Waals surface area (Å²) < 4.78 is 0. The van der Waals surface area contributed by atoms with Crippen LogP contribution in [0.15, 0.2) is 29.2 Å². The highest BCUT2D eigenvalue weighted by Crippen LogP contribution is 2.38. The summed E-state index contributed by atoms with van der Waals surface area (Å²) in [5, 5.41) is 16.4. The number of rotatable bonds is 11. The van der Waals surface area contributed by atoms with Crippen LogP contribution < -0.4 is 15.5 Å². The third-order valence-electron chi connectivity index (χ3n) is 6.92. The van der Waals surface area contributed by atoms with Gasteiger partial charge in [-0.15, -0.1) is 11.8 Å². The molecule has 2 amide bonds. The molecule has 3 heterocycles. The van der Waals surface area contributed by atoms with Crippen molar-refractivity contribution in [3.63, 3.8) is 0 Å². The second-order valence-electron chi connectivity index (χ2n) is 9.70. The second kappa shape index (κ2) is 11.5. The number of amides is 2. The lowest BCUT2D eigenvalue weighted by atomic mass is 9.98. The Labute approximate surface area is 212 Å². The summed E-state index contributed by atoms with van der Waals surface area (Å²) in [6, 6.07) is 7.90. The minimum atomic E-state index is -0.0742. The Kier molecular flexibility index (Phi) is 8.38. The van der Waals surface area contributed by atoms with E-state index in [-0.39, 0.29) is 30.6 Å². The van der Waals surface area contributed by atoms with Gasteiger partial charge in [0.2, 0.25) is 5.95 Å². The highest BCUT2D eigenvalue weighted by atomic mass is 32.2. The summed E-state index contributed by atoms with van der Waals surface area (Å²) in [6.07, 6.45) is 3.84. The number of fused-ring (bicyclic) bond motifs is 2. The molecular weight excluding hydrogens is 460 g/mol. The van der Waals surface area contributed by atoms with Crippen LogP contribution >= 0.6 is 11.8 Å². The van der Waals surface area contributed by atoms with E-state index in [1.165, 1.54) is 0 Å². The van der Waals surface area contributed by atoms with E-state index in [9.17, 15) is 9.90 Å². The topological polar surface area (TPSA) is 93.6 Å². The van der Waals surface area contributed by atoms with Crippen LogP contribution in [0.4, 0.5) is 22.2 Å². The highest BCUT2D eigenvalue weighted by molar-refractivity contribution is 7.99. The van der Waals surface area contributed by atoms with Gasteiger partial charge in [-0.25, -0.2) is 9.78 Å². The second-order valence-corrected chi connectivity index (χ2v) is 10.8. The van der Waals surface area contributed by atoms with E-state index < -0.39 is 0 Å². The van der Waals surface area contributed by atoms with E-state index in [1.807, 2.05) is 25.2 Å². The van der Waals surface area contributed by atoms with Gasteiger partial charge in [0.05, 0.1) is 29.3 Å². The Morgan fingerprint density at radius 3 is 2.83 bits per heavy atom. The fourth-order valence-electron chi connectivity index (χ4n) is 4.64. The third kappa shape index (κ3) is 5.67. The number of nitrogens with one attached hydrogen (secondary N) is 2. The number of thioether (sulfide) groups is 1. The van der Waals surface area contributed by atoms with E-state index in [1.54, 1.807) is 16.7 Å². The number of para-hydroxylation sites is 1. The third-order valence-corrected chi connectivity index (χ3v) is 8.04. The van der Waals surface area contributed by atoms with Crippen LogP contribution in [0.25, 0.3) is 0 Å². The van der Waals surface area contributed by atoms with Crippen LogP contribution in [0.1, 0.15) is 57.3 Å². The molecule has 0 bridgehead atoms. The Morgan fingerprint density at radius 2 is 2.09 bits per heavy atom. The molecule has 0 radical (unpaired) electrons. The lowest BCUT2D eigenvalue weighted by Crippen LogP contribution is -2.41. The zero-order valence-electron chi connectivity index (χ0n) is 21.3. The number of carbonyl (C=O) groups excluding carboxylic acids is 1. The van der Waals surface area contributed by atoms with E-state index in [4.69, 9.17) is 9.97 Å². The van der Waals surface area contributed by atoms with Crippen molar-refractivity contribution >= 4 is 35.2 Å². The molecule has 0 saturated carbocycles. The first kappa shape index (κ1) is 25.6. The molecule has 0 spiro atoms. The molecule has 2 aliphatic heterocycles. The fourth-order valence-corrected chi connectivity index (χ4v) is 5.69. The van der Waals surface area contributed by atoms with Crippen LogP contribution in [0.3, 0.4) is 0 Å². The van der Waals surface area contributed by atoms with E-state index >= 15 is 0 Å². The summed E-state index contributed by atoms with van der Waals surface area (Å²) in [7, 11) is 1.86. The quantitative estimate of drug-likeness (QED) is 0.411. The van der Waals surface area contributed by atoms with Crippen molar-refractivity contribution in [2.45, 2.75) is 63.4 Å². The van der Waals surface area contributed by atoms with Crippen LogP contribution in [0.5, 0.6) is 0 Å². The Hall–Kier alpha value is -2.52. The molecule has 0 saturated heterocycles. The van der Waals surface area contributed by atoms with Gasteiger partial charge in [-0.2, -0.15) is 4.98 Å². The maximum absolute atomic E-state index is 12.6. The van der Waals surface area contributed by atoms with Crippen molar-refractivity contribution in [3.05, 3.63) is 35.5 Å². The molecule has 0 fully saturated rings. The van der Waals surface area contributed by atoms with Crippen molar-refractivity contribution in [2.75, 3.05) is 48.0 Å². The number of hydrogen-bond donors (Lipinski definition) is 3. The SMILES string of the molecule is CCCCN(CCC1c2ccccc2NC(=O)N1C)c1nc2c(c(NC(CO)C(C)C)n1)SCC2. The summed E-state index contributed by atoms with van der Waals surface area (Å²) in [4.78, 5) is 27.7. The number of urea groups is 1. The van der Waals surface area contributed by atoms with Crippen molar-refractivity contribution in [1.29, 1.82) is 0 Å². The molecule has 8 nitrogen and oxygen atoms in total. The number of aromatic nitrogens is 2. The lowest BCUT2D eigenvalue weighted by molar-refractivity contribution is 0.198. The molecule has 1 aromatic heterocycles. The number of aryl methyl sites for hydroxylation is 1. The Balaban J connectivity index is 1.60. The predicted octanol–water partition coefficient (Wildman–Crippen LogP) is 4.77. The summed E-state index contributed by atoms with van der Waals surface area (Å²) in [5.74, 6) is 2.85. The van der Waals surface area contributed by atoms with Gasteiger partial charge >= 0.3 is 6.03 Å². The molecule has 2 aliphatic rings. The first-order valence-corrected chi connectivity index (χ1v) is 13.7. The minimum absolute atomic E-state index is 0.00800. The molecule has 4 rings (SSSR count). The number of carbonyl (C=O) groups is 1. The monoisotopic (exact) mass is 498 g/mol. The van der Waals surface area contributed by atoms with Crippen LogP contribution in [0, 0.1) is 5.92 Å². The molecule has 35 heavy (non-hydrogen) atoms. The Bertz CT molecular complexity index is 1030. The lowest BCUT2D eigenvalue weighted by Gasteiger charge is -2.36. The molecule has 190 valence electrons. The molecule has 2 unspecified atom stereocenters. The number of aliphatic hydroxyl groups excluding tert-OH is 1. The molecule has 1 aromatic carbocycles. The van der Waals surface area contributed by atoms with Gasteiger partial charge in [0.1, 0.15) is 5.82 Å². The van der Waals surface area contributed by atoms with Crippen molar-refractivity contribution < 1.29 is 9.90 Å². The summed E-state index contributed by atoms with van der Waals surface area (Å²) >= 11 is 1.79. The minimum Gasteiger partial charge on any atom is -0.394 e. The number of benzene rings is 1. The number of anilines is 3. The van der Waals surface area contributed by atoms with Gasteiger partial charge in [0, 0.05) is 38.0 Å². The number of hydrogen-bond acceptors (Lipinski definition) is 7. The van der Waals surface area contributed by atoms with Crippen molar-refractivity contribution in [1.82, 2.24) is 14.9 Å². The standard InChI is InChI=1S/C26H38N6O2S/c1-5-6-13-32(14-11-22-18-9-7-8-10-19(18)29-26(34)31(22)4)25-28-20-12-15-35-23(20)24(30-25)27-21(16-33)17(2)3/h7-10,17,21-22,33H,5-6,11-16H2,1-4H3,(H,29,34)(H,27,28,30). The largest absolute Gasteiger partial charge is 0.394 e. The number of aliphatic hydroxyl groups is 1. The highest BCUT2D eigenvalue weighted by Gasteiger charge is 2.30. The molecule has 2 aromatic rings. The van der Waals surface area contributed by atoms with Crippen molar-refractivity contribution in [2.24, 2.45) is 5.92 Å². The molecule has 3 N–H and O–H groups in total. The molecule has 9 heteroatoms. The number of nitrogens with zero attached hydrogens (tertiary/aromatic N) is 4. The normalized spacial score (nSPS) is 17.7. The van der Waals surface area contributed by atoms with Gasteiger partial charge < -0.3 is 25.5 Å². The first-order valence-electron chi connectivity index (χ1n) is 12.7. The smallest absolute Gasteiger partial charge is 0.322 e.